The molecule has 1 aromatic heterocycles. The van der Waals surface area contributed by atoms with Gasteiger partial charge in [-0.05, 0) is 31.0 Å². The standard InChI is InChI=1S/C15H14FN3O2S/c16-9-3-4-12-11(5-9)13(17-18-14(20)8-1-2-8)15(21)19(12)10-6-22-7-10/h3-5,8,10,21H,1-2,6-7H2. The lowest BCUT2D eigenvalue weighted by Crippen LogP contribution is -2.22. The van der Waals surface area contributed by atoms with Gasteiger partial charge in [-0.1, -0.05) is 0 Å². The van der Waals surface area contributed by atoms with E-state index >= 15 is 0 Å². The van der Waals surface area contributed by atoms with Crippen LogP contribution in [-0.4, -0.2) is 27.1 Å². The molecule has 2 heterocycles. The van der Waals surface area contributed by atoms with E-state index in [4.69, 9.17) is 0 Å². The molecule has 0 unspecified atom stereocenters. The van der Waals surface area contributed by atoms with Crippen molar-refractivity contribution in [3.8, 4) is 5.88 Å². The molecule has 7 heteroatoms. The molecule has 1 aromatic carbocycles. The number of aromatic hydroxyl groups is 1. The van der Waals surface area contributed by atoms with E-state index in [0.29, 0.717) is 5.39 Å². The van der Waals surface area contributed by atoms with Crippen molar-refractivity contribution in [2.75, 3.05) is 11.5 Å². The van der Waals surface area contributed by atoms with Crippen molar-refractivity contribution >= 4 is 34.3 Å². The van der Waals surface area contributed by atoms with Gasteiger partial charge in [0.05, 0.1) is 11.6 Å². The molecule has 114 valence electrons. The van der Waals surface area contributed by atoms with Crippen molar-refractivity contribution in [3.05, 3.63) is 24.0 Å². The average molecular weight is 319 g/mol. The molecule has 2 aromatic rings. The summed E-state index contributed by atoms with van der Waals surface area (Å²) in [7, 11) is 0. The minimum absolute atomic E-state index is 0.0287. The first-order valence-electron chi connectivity index (χ1n) is 7.21. The first-order valence-corrected chi connectivity index (χ1v) is 8.36. The van der Waals surface area contributed by atoms with Crippen molar-refractivity contribution < 1.29 is 14.3 Å². The van der Waals surface area contributed by atoms with Crippen molar-refractivity contribution in [2.45, 2.75) is 18.9 Å². The smallest absolute Gasteiger partial charge is 0.267 e. The van der Waals surface area contributed by atoms with Gasteiger partial charge in [-0.2, -0.15) is 11.8 Å². The molecule has 4 rings (SSSR count). The Bertz CT molecular complexity index is 794. The maximum absolute atomic E-state index is 13.6. The zero-order chi connectivity index (χ0) is 15.3. The van der Waals surface area contributed by atoms with Crippen LogP contribution in [0.15, 0.2) is 28.4 Å². The second kappa shape index (κ2) is 5.08. The molecule has 0 spiro atoms. The lowest BCUT2D eigenvalue weighted by Gasteiger charge is -2.27. The number of azo groups is 1. The van der Waals surface area contributed by atoms with Gasteiger partial charge in [-0.25, -0.2) is 4.39 Å². The third-order valence-corrected chi connectivity index (χ3v) is 5.31. The van der Waals surface area contributed by atoms with Crippen LogP contribution in [0.1, 0.15) is 18.9 Å². The first-order chi connectivity index (χ1) is 10.6. The molecule has 1 N–H and O–H groups in total. The number of fused-ring (bicyclic) bond motifs is 1. The third-order valence-electron chi connectivity index (χ3n) is 4.07. The number of carbonyl (C=O) groups excluding carboxylic acids is 1. The zero-order valence-electron chi connectivity index (χ0n) is 11.7. The summed E-state index contributed by atoms with van der Waals surface area (Å²) in [6, 6.07) is 4.49. The molecule has 0 radical (unpaired) electrons. The minimum atomic E-state index is -0.405. The number of hydrogen-bond acceptors (Lipinski definition) is 4. The van der Waals surface area contributed by atoms with Gasteiger partial charge in [0.2, 0.25) is 5.88 Å². The van der Waals surface area contributed by atoms with Gasteiger partial charge < -0.3 is 9.67 Å². The van der Waals surface area contributed by atoms with Crippen molar-refractivity contribution in [3.63, 3.8) is 0 Å². The Kier molecular flexibility index (Phi) is 3.18. The fourth-order valence-electron chi connectivity index (χ4n) is 2.61. The number of nitrogens with zero attached hydrogens (tertiary/aromatic N) is 3. The molecular weight excluding hydrogens is 305 g/mol. The summed E-state index contributed by atoms with van der Waals surface area (Å²) in [4.78, 5) is 11.7. The lowest BCUT2D eigenvalue weighted by atomic mass is 10.2. The van der Waals surface area contributed by atoms with E-state index in [0.717, 1.165) is 29.9 Å². The molecule has 1 aliphatic carbocycles. The molecule has 5 nitrogen and oxygen atoms in total. The van der Waals surface area contributed by atoms with E-state index in [1.165, 1.54) is 12.1 Å². The Morgan fingerprint density at radius 1 is 1.36 bits per heavy atom. The number of hydrogen-bond donors (Lipinski definition) is 1. The van der Waals surface area contributed by atoms with Crippen LogP contribution in [0.5, 0.6) is 5.88 Å². The van der Waals surface area contributed by atoms with Gasteiger partial charge in [0.15, 0.2) is 5.69 Å². The summed E-state index contributed by atoms with van der Waals surface area (Å²) in [5.41, 5.74) is 0.900. The van der Waals surface area contributed by atoms with Crippen molar-refractivity contribution in [1.82, 2.24) is 4.57 Å². The Morgan fingerprint density at radius 2 is 2.14 bits per heavy atom. The van der Waals surface area contributed by atoms with Gasteiger partial charge in [0.25, 0.3) is 5.91 Å². The maximum Gasteiger partial charge on any atom is 0.267 e. The summed E-state index contributed by atoms with van der Waals surface area (Å²) in [6.07, 6.45) is 1.69. The number of halogens is 1. The van der Waals surface area contributed by atoms with Gasteiger partial charge in [-0.15, -0.1) is 10.2 Å². The zero-order valence-corrected chi connectivity index (χ0v) is 12.5. The fraction of sp³-hybridized carbons (Fsp3) is 0.400. The predicted octanol–water partition coefficient (Wildman–Crippen LogP) is 3.79. The average Bonchev–Trinajstić information content (AvgIpc) is 3.24. The Balaban J connectivity index is 1.83. The third kappa shape index (κ3) is 2.20. The summed E-state index contributed by atoms with van der Waals surface area (Å²) < 4.78 is 15.3. The van der Waals surface area contributed by atoms with E-state index in [1.54, 1.807) is 22.4 Å². The van der Waals surface area contributed by atoms with Gasteiger partial charge in [0, 0.05) is 22.8 Å². The van der Waals surface area contributed by atoms with Crippen LogP contribution in [0.3, 0.4) is 0 Å². The van der Waals surface area contributed by atoms with Crippen molar-refractivity contribution in [2.24, 2.45) is 16.1 Å². The number of benzene rings is 1. The second-order valence-electron chi connectivity index (χ2n) is 5.71. The molecule has 2 fully saturated rings. The van der Waals surface area contributed by atoms with Gasteiger partial charge in [-0.3, -0.25) is 4.79 Å². The predicted molar refractivity (Wildman–Crippen MR) is 82.2 cm³/mol. The van der Waals surface area contributed by atoms with E-state index in [9.17, 15) is 14.3 Å². The van der Waals surface area contributed by atoms with Crippen LogP contribution < -0.4 is 0 Å². The van der Waals surface area contributed by atoms with E-state index < -0.39 is 5.82 Å². The van der Waals surface area contributed by atoms with Crippen LogP contribution in [0.2, 0.25) is 0 Å². The monoisotopic (exact) mass is 319 g/mol. The SMILES string of the molecule is O=C(N=Nc1c(O)n(C2CSC2)c2ccc(F)cc12)C1CC1. The molecule has 22 heavy (non-hydrogen) atoms. The summed E-state index contributed by atoms with van der Waals surface area (Å²) >= 11 is 1.79. The topological polar surface area (TPSA) is 66.9 Å². The van der Waals surface area contributed by atoms with Crippen LogP contribution in [0.25, 0.3) is 10.9 Å². The van der Waals surface area contributed by atoms with E-state index in [-0.39, 0.29) is 29.4 Å². The number of amides is 1. The molecular formula is C15H14FN3O2S. The normalized spacial score (nSPS) is 19.0. The van der Waals surface area contributed by atoms with Crippen molar-refractivity contribution in [1.29, 1.82) is 0 Å². The number of aromatic nitrogens is 1. The van der Waals surface area contributed by atoms with Crippen LogP contribution in [0.4, 0.5) is 10.1 Å². The Hall–Kier alpha value is -1.89. The number of carbonyl (C=O) groups is 1. The summed E-state index contributed by atoms with van der Waals surface area (Å²) in [6.45, 7) is 0. The minimum Gasteiger partial charge on any atom is -0.493 e. The lowest BCUT2D eigenvalue weighted by molar-refractivity contribution is -0.119. The number of thioether (sulfide) groups is 1. The molecule has 1 saturated heterocycles. The molecule has 0 bridgehead atoms. The summed E-state index contributed by atoms with van der Waals surface area (Å²) in [5, 5.41) is 18.6. The van der Waals surface area contributed by atoms with Gasteiger partial charge >= 0.3 is 0 Å². The molecule has 0 atom stereocenters. The van der Waals surface area contributed by atoms with E-state index in [2.05, 4.69) is 10.2 Å². The molecule has 1 saturated carbocycles. The summed E-state index contributed by atoms with van der Waals surface area (Å²) in [5.74, 6) is 1.05. The highest BCUT2D eigenvalue weighted by Gasteiger charge is 2.31. The second-order valence-corrected chi connectivity index (χ2v) is 6.78. The largest absolute Gasteiger partial charge is 0.493 e. The highest BCUT2D eigenvalue weighted by Crippen LogP contribution is 2.45. The highest BCUT2D eigenvalue weighted by atomic mass is 32.2. The van der Waals surface area contributed by atoms with Gasteiger partial charge in [0.1, 0.15) is 5.82 Å². The number of rotatable bonds is 3. The Labute approximate surface area is 130 Å². The molecule has 1 aliphatic heterocycles. The molecule has 2 aliphatic rings. The maximum atomic E-state index is 13.6. The fourth-order valence-corrected chi connectivity index (χ4v) is 3.35. The Morgan fingerprint density at radius 3 is 2.77 bits per heavy atom. The van der Waals surface area contributed by atoms with Crippen LogP contribution in [-0.2, 0) is 4.79 Å². The highest BCUT2D eigenvalue weighted by molar-refractivity contribution is 8.00. The first kappa shape index (κ1) is 13.8. The van der Waals surface area contributed by atoms with Crippen LogP contribution >= 0.6 is 11.8 Å². The molecule has 1 amide bonds. The van der Waals surface area contributed by atoms with E-state index in [1.807, 2.05) is 0 Å². The van der Waals surface area contributed by atoms with Crippen LogP contribution in [0, 0.1) is 11.7 Å². The quantitative estimate of drug-likeness (QED) is 0.875.